The molecule has 0 spiro atoms. The zero-order chi connectivity index (χ0) is 18.2. The molecular formula is C18H16BrN3O4. The molecule has 0 N–H and O–H groups in total. The molecule has 0 radical (unpaired) electrons. The highest BCUT2D eigenvalue weighted by Gasteiger charge is 2.09. The van der Waals surface area contributed by atoms with Crippen molar-refractivity contribution in [1.82, 2.24) is 15.1 Å². The molecule has 0 fully saturated rings. The van der Waals surface area contributed by atoms with Gasteiger partial charge in [0.2, 0.25) is 11.7 Å². The number of hydrogen-bond acceptors (Lipinski definition) is 7. The molecule has 3 rings (SSSR count). The molecule has 26 heavy (non-hydrogen) atoms. The Labute approximate surface area is 158 Å². The van der Waals surface area contributed by atoms with Crippen LogP contribution in [0.4, 0.5) is 0 Å². The Bertz CT molecular complexity index is 837. The Balaban J connectivity index is 1.35. The minimum Gasteiger partial charge on any atom is -0.482 e. The molecule has 0 aliphatic carbocycles. The quantitative estimate of drug-likeness (QED) is 0.409. The molecule has 2 aromatic heterocycles. The van der Waals surface area contributed by atoms with Gasteiger partial charge in [0.1, 0.15) is 5.75 Å². The van der Waals surface area contributed by atoms with Crippen molar-refractivity contribution >= 4 is 21.9 Å². The zero-order valence-electron chi connectivity index (χ0n) is 13.8. The van der Waals surface area contributed by atoms with E-state index in [1.54, 1.807) is 30.6 Å². The fourth-order valence-corrected chi connectivity index (χ4v) is 2.36. The molecule has 0 amide bonds. The Morgan fingerprint density at radius 3 is 2.81 bits per heavy atom. The van der Waals surface area contributed by atoms with Crippen molar-refractivity contribution in [2.75, 3.05) is 13.2 Å². The summed E-state index contributed by atoms with van der Waals surface area (Å²) in [6.07, 6.45) is 4.45. The third kappa shape index (κ3) is 5.38. The molecule has 1 aromatic carbocycles. The lowest BCUT2D eigenvalue weighted by atomic mass is 10.3. The Morgan fingerprint density at radius 1 is 1.19 bits per heavy atom. The summed E-state index contributed by atoms with van der Waals surface area (Å²) in [6, 6.07) is 10.9. The standard InChI is InChI=1S/C18H16BrN3O4/c19-14-5-7-15(8-6-14)25-12-17(23)24-10-2-4-16-21-18(22-26-16)13-3-1-9-20-11-13/h1,3,5-9,11H,2,4,10,12H2. The zero-order valence-corrected chi connectivity index (χ0v) is 15.4. The highest BCUT2D eigenvalue weighted by atomic mass is 79.9. The minimum atomic E-state index is -0.422. The Kier molecular flexibility index (Phi) is 6.32. The number of benzene rings is 1. The number of carbonyl (C=O) groups excluding carboxylic acids is 1. The molecule has 3 aromatic rings. The van der Waals surface area contributed by atoms with E-state index in [0.717, 1.165) is 10.0 Å². The second kappa shape index (κ2) is 9.10. The number of carbonyl (C=O) groups is 1. The van der Waals surface area contributed by atoms with Crippen LogP contribution < -0.4 is 4.74 Å². The summed E-state index contributed by atoms with van der Waals surface area (Å²) in [4.78, 5) is 20.0. The van der Waals surface area contributed by atoms with Crippen molar-refractivity contribution in [2.24, 2.45) is 0 Å². The molecule has 0 bridgehead atoms. The van der Waals surface area contributed by atoms with Crippen molar-refractivity contribution in [3.8, 4) is 17.1 Å². The fraction of sp³-hybridized carbons (Fsp3) is 0.222. The van der Waals surface area contributed by atoms with Crippen LogP contribution in [0.1, 0.15) is 12.3 Å². The number of esters is 1. The molecule has 134 valence electrons. The number of nitrogens with zero attached hydrogens (tertiary/aromatic N) is 3. The maximum absolute atomic E-state index is 11.7. The van der Waals surface area contributed by atoms with E-state index in [2.05, 4.69) is 31.1 Å². The van der Waals surface area contributed by atoms with E-state index in [1.807, 2.05) is 18.2 Å². The molecule has 2 heterocycles. The second-order valence-electron chi connectivity index (χ2n) is 5.32. The van der Waals surface area contributed by atoms with Gasteiger partial charge in [-0.15, -0.1) is 0 Å². The van der Waals surface area contributed by atoms with Gasteiger partial charge in [-0.05, 0) is 42.8 Å². The first-order chi connectivity index (χ1) is 12.7. The second-order valence-corrected chi connectivity index (χ2v) is 6.24. The average Bonchev–Trinajstić information content (AvgIpc) is 3.14. The summed E-state index contributed by atoms with van der Waals surface area (Å²) in [5, 5.41) is 3.91. The highest BCUT2D eigenvalue weighted by molar-refractivity contribution is 9.10. The number of aryl methyl sites for hydroxylation is 1. The van der Waals surface area contributed by atoms with E-state index < -0.39 is 5.97 Å². The number of halogens is 1. The van der Waals surface area contributed by atoms with Gasteiger partial charge in [0.15, 0.2) is 6.61 Å². The third-order valence-electron chi connectivity index (χ3n) is 3.36. The monoisotopic (exact) mass is 417 g/mol. The van der Waals surface area contributed by atoms with Crippen molar-refractivity contribution < 1.29 is 18.8 Å². The van der Waals surface area contributed by atoms with Crippen LogP contribution in [0.15, 0.2) is 57.8 Å². The summed E-state index contributed by atoms with van der Waals surface area (Å²) in [5.74, 6) is 1.17. The van der Waals surface area contributed by atoms with Crippen molar-refractivity contribution in [2.45, 2.75) is 12.8 Å². The number of rotatable bonds is 8. The summed E-state index contributed by atoms with van der Waals surface area (Å²) in [5.41, 5.74) is 0.791. The van der Waals surface area contributed by atoms with Gasteiger partial charge in [-0.3, -0.25) is 4.98 Å². The van der Waals surface area contributed by atoms with Crippen LogP contribution in [-0.4, -0.2) is 34.3 Å². The summed E-state index contributed by atoms with van der Waals surface area (Å²) in [7, 11) is 0. The van der Waals surface area contributed by atoms with E-state index in [9.17, 15) is 4.79 Å². The molecule has 0 saturated carbocycles. The molecule has 0 saturated heterocycles. The van der Waals surface area contributed by atoms with Gasteiger partial charge >= 0.3 is 5.97 Å². The van der Waals surface area contributed by atoms with Gasteiger partial charge in [-0.25, -0.2) is 4.79 Å². The van der Waals surface area contributed by atoms with Crippen LogP contribution in [0.2, 0.25) is 0 Å². The first-order valence-electron chi connectivity index (χ1n) is 7.98. The summed E-state index contributed by atoms with van der Waals surface area (Å²) < 4.78 is 16.6. The molecule has 0 aliphatic rings. The largest absolute Gasteiger partial charge is 0.482 e. The van der Waals surface area contributed by atoms with Crippen LogP contribution >= 0.6 is 15.9 Å². The van der Waals surface area contributed by atoms with Gasteiger partial charge in [0, 0.05) is 28.9 Å². The normalized spacial score (nSPS) is 10.5. The lowest BCUT2D eigenvalue weighted by molar-refractivity contribution is -0.146. The molecule has 7 nitrogen and oxygen atoms in total. The van der Waals surface area contributed by atoms with E-state index in [4.69, 9.17) is 14.0 Å². The smallest absolute Gasteiger partial charge is 0.344 e. The lowest BCUT2D eigenvalue weighted by Crippen LogP contribution is -2.15. The fourth-order valence-electron chi connectivity index (χ4n) is 2.09. The van der Waals surface area contributed by atoms with Gasteiger partial charge in [-0.1, -0.05) is 21.1 Å². The van der Waals surface area contributed by atoms with Crippen molar-refractivity contribution in [3.63, 3.8) is 0 Å². The van der Waals surface area contributed by atoms with Gasteiger partial charge < -0.3 is 14.0 Å². The van der Waals surface area contributed by atoms with Crippen molar-refractivity contribution in [1.29, 1.82) is 0 Å². The molecule has 0 unspecified atom stereocenters. The molecule has 8 heteroatoms. The third-order valence-corrected chi connectivity index (χ3v) is 3.88. The molecule has 0 aliphatic heterocycles. The Morgan fingerprint density at radius 2 is 2.04 bits per heavy atom. The number of pyridine rings is 1. The SMILES string of the molecule is O=C(COc1ccc(Br)cc1)OCCCc1nc(-c2cccnc2)no1. The highest BCUT2D eigenvalue weighted by Crippen LogP contribution is 2.16. The van der Waals surface area contributed by atoms with Crippen molar-refractivity contribution in [3.05, 3.63) is 59.2 Å². The van der Waals surface area contributed by atoms with E-state index in [0.29, 0.717) is 30.3 Å². The summed E-state index contributed by atoms with van der Waals surface area (Å²) >= 11 is 3.33. The van der Waals surface area contributed by atoms with E-state index in [1.165, 1.54) is 0 Å². The van der Waals surface area contributed by atoms with Crippen LogP contribution in [-0.2, 0) is 16.0 Å². The predicted octanol–water partition coefficient (Wildman–Crippen LogP) is 3.45. The average molecular weight is 418 g/mol. The van der Waals surface area contributed by atoms with Crippen LogP contribution in [0.5, 0.6) is 5.75 Å². The number of ether oxygens (including phenoxy) is 2. The predicted molar refractivity (Wildman–Crippen MR) is 96.4 cm³/mol. The first kappa shape index (κ1) is 18.1. The van der Waals surface area contributed by atoms with Crippen LogP contribution in [0.3, 0.4) is 0 Å². The Hall–Kier alpha value is -2.74. The number of aromatic nitrogens is 3. The van der Waals surface area contributed by atoms with Crippen LogP contribution in [0, 0.1) is 0 Å². The van der Waals surface area contributed by atoms with E-state index >= 15 is 0 Å². The lowest BCUT2D eigenvalue weighted by Gasteiger charge is -2.06. The van der Waals surface area contributed by atoms with E-state index in [-0.39, 0.29) is 13.2 Å². The van der Waals surface area contributed by atoms with Gasteiger partial charge in [-0.2, -0.15) is 4.98 Å². The molecule has 0 atom stereocenters. The maximum Gasteiger partial charge on any atom is 0.344 e. The van der Waals surface area contributed by atoms with Crippen LogP contribution in [0.25, 0.3) is 11.4 Å². The minimum absolute atomic E-state index is 0.132. The topological polar surface area (TPSA) is 87.3 Å². The summed E-state index contributed by atoms with van der Waals surface area (Å²) in [6.45, 7) is 0.125. The van der Waals surface area contributed by atoms with Gasteiger partial charge in [0.25, 0.3) is 0 Å². The van der Waals surface area contributed by atoms with Gasteiger partial charge in [0.05, 0.1) is 6.61 Å². The first-order valence-corrected chi connectivity index (χ1v) is 8.77. The maximum atomic E-state index is 11.7. The molecular weight excluding hydrogens is 402 g/mol. The number of hydrogen-bond donors (Lipinski definition) is 0.